The third-order valence-electron chi connectivity index (χ3n) is 3.17. The fraction of sp³-hybridized carbons (Fsp3) is 0.0588. The van der Waals surface area contributed by atoms with E-state index in [1.807, 2.05) is 36.4 Å². The highest BCUT2D eigenvalue weighted by molar-refractivity contribution is 5.63. The van der Waals surface area contributed by atoms with E-state index in [2.05, 4.69) is 31.9 Å². The Hall–Kier alpha value is -3.46. The van der Waals surface area contributed by atoms with Gasteiger partial charge in [0, 0.05) is 6.54 Å². The summed E-state index contributed by atoms with van der Waals surface area (Å²) < 4.78 is 0. The largest absolute Gasteiger partial charge is 0.365 e. The summed E-state index contributed by atoms with van der Waals surface area (Å²) in [5.41, 5.74) is 2.33. The highest BCUT2D eigenvalue weighted by Gasteiger charge is 2.05. The van der Waals surface area contributed by atoms with E-state index >= 15 is 0 Å². The zero-order valence-corrected chi connectivity index (χ0v) is 12.3. The van der Waals surface area contributed by atoms with Gasteiger partial charge >= 0.3 is 0 Å². The summed E-state index contributed by atoms with van der Waals surface area (Å²) in [6.07, 6.45) is 1.56. The Bertz CT molecular complexity index is 826. The van der Waals surface area contributed by atoms with Gasteiger partial charge in [0.25, 0.3) is 0 Å². The van der Waals surface area contributed by atoms with Gasteiger partial charge in [0.2, 0.25) is 5.95 Å². The van der Waals surface area contributed by atoms with Gasteiger partial charge in [-0.05, 0) is 17.7 Å². The first-order chi connectivity index (χ1) is 11.3. The number of nitrogens with one attached hydrogen (secondary N) is 2. The molecule has 0 aliphatic rings. The molecular weight excluding hydrogens is 288 g/mol. The van der Waals surface area contributed by atoms with E-state index in [4.69, 9.17) is 5.26 Å². The molecule has 0 saturated heterocycles. The van der Waals surface area contributed by atoms with Crippen molar-refractivity contribution in [3.63, 3.8) is 0 Å². The molecule has 2 aromatic carbocycles. The predicted octanol–water partition coefficient (Wildman–Crippen LogP) is 3.10. The monoisotopic (exact) mass is 302 g/mol. The van der Waals surface area contributed by atoms with Crippen LogP contribution in [-0.2, 0) is 6.54 Å². The van der Waals surface area contributed by atoms with Gasteiger partial charge in [-0.2, -0.15) is 15.3 Å². The van der Waals surface area contributed by atoms with E-state index in [-0.39, 0.29) is 0 Å². The van der Waals surface area contributed by atoms with Crippen molar-refractivity contribution >= 4 is 17.5 Å². The van der Waals surface area contributed by atoms with E-state index in [9.17, 15) is 0 Å². The van der Waals surface area contributed by atoms with Gasteiger partial charge in [0.05, 0.1) is 17.4 Å². The molecule has 0 radical (unpaired) electrons. The summed E-state index contributed by atoms with van der Waals surface area (Å²) in [6.45, 7) is 0.647. The molecule has 6 nitrogen and oxygen atoms in total. The Kier molecular flexibility index (Phi) is 4.41. The van der Waals surface area contributed by atoms with Crippen LogP contribution >= 0.6 is 0 Å². The van der Waals surface area contributed by atoms with Crippen LogP contribution in [0.15, 0.2) is 60.8 Å². The van der Waals surface area contributed by atoms with Gasteiger partial charge in [-0.1, -0.05) is 42.5 Å². The number of aromatic nitrogens is 3. The van der Waals surface area contributed by atoms with E-state index in [0.717, 1.165) is 5.56 Å². The molecule has 112 valence electrons. The molecular formula is C17H14N6. The summed E-state index contributed by atoms with van der Waals surface area (Å²) in [5, 5.41) is 23.2. The molecule has 0 bridgehead atoms. The van der Waals surface area contributed by atoms with Crippen LogP contribution in [-0.4, -0.2) is 15.2 Å². The highest BCUT2D eigenvalue weighted by atomic mass is 15.3. The van der Waals surface area contributed by atoms with Crippen LogP contribution in [0.3, 0.4) is 0 Å². The second kappa shape index (κ2) is 7.00. The number of hydrogen-bond donors (Lipinski definition) is 2. The van der Waals surface area contributed by atoms with Crippen molar-refractivity contribution in [3.05, 3.63) is 71.9 Å². The molecule has 3 rings (SSSR count). The third-order valence-corrected chi connectivity index (χ3v) is 3.17. The third kappa shape index (κ3) is 3.80. The van der Waals surface area contributed by atoms with Crippen LogP contribution in [0.2, 0.25) is 0 Å². The molecule has 0 spiro atoms. The van der Waals surface area contributed by atoms with Crippen LogP contribution in [0.25, 0.3) is 0 Å². The number of nitrogens with zero attached hydrogens (tertiary/aromatic N) is 4. The highest BCUT2D eigenvalue weighted by Crippen LogP contribution is 2.18. The van der Waals surface area contributed by atoms with E-state index in [1.54, 1.807) is 24.4 Å². The summed E-state index contributed by atoms with van der Waals surface area (Å²) in [6, 6.07) is 19.3. The quantitative estimate of drug-likeness (QED) is 0.753. The fourth-order valence-electron chi connectivity index (χ4n) is 2.04. The maximum atomic E-state index is 9.10. The van der Waals surface area contributed by atoms with E-state index < -0.39 is 0 Å². The predicted molar refractivity (Wildman–Crippen MR) is 88.0 cm³/mol. The zero-order valence-electron chi connectivity index (χ0n) is 12.3. The van der Waals surface area contributed by atoms with Gasteiger partial charge in [-0.25, -0.2) is 0 Å². The Labute approximate surface area is 133 Å². The molecule has 0 saturated carbocycles. The fourth-order valence-corrected chi connectivity index (χ4v) is 2.04. The average molecular weight is 302 g/mol. The Morgan fingerprint density at radius 3 is 2.61 bits per heavy atom. The Morgan fingerprint density at radius 2 is 1.78 bits per heavy atom. The second-order valence-corrected chi connectivity index (χ2v) is 4.79. The van der Waals surface area contributed by atoms with Crippen molar-refractivity contribution in [1.82, 2.24) is 15.2 Å². The molecule has 0 amide bonds. The van der Waals surface area contributed by atoms with Crippen LogP contribution in [0.1, 0.15) is 11.1 Å². The second-order valence-electron chi connectivity index (χ2n) is 4.79. The lowest BCUT2D eigenvalue weighted by molar-refractivity contribution is 0.965. The van der Waals surface area contributed by atoms with Crippen LogP contribution < -0.4 is 10.6 Å². The number of nitriles is 1. The van der Waals surface area contributed by atoms with E-state index in [1.165, 1.54) is 0 Å². The molecule has 2 N–H and O–H groups in total. The van der Waals surface area contributed by atoms with Crippen LogP contribution in [0.4, 0.5) is 17.5 Å². The number of hydrogen-bond acceptors (Lipinski definition) is 6. The van der Waals surface area contributed by atoms with Gasteiger partial charge < -0.3 is 10.6 Å². The van der Waals surface area contributed by atoms with Crippen LogP contribution in [0.5, 0.6) is 0 Å². The minimum absolute atomic E-state index is 0.339. The first-order valence-corrected chi connectivity index (χ1v) is 7.09. The first-order valence-electron chi connectivity index (χ1n) is 7.09. The van der Waals surface area contributed by atoms with Gasteiger partial charge in [0.1, 0.15) is 6.07 Å². The molecule has 0 aliphatic carbocycles. The minimum atomic E-state index is 0.339. The topological polar surface area (TPSA) is 86.5 Å². The lowest BCUT2D eigenvalue weighted by atomic mass is 10.2. The summed E-state index contributed by atoms with van der Waals surface area (Å²) in [5.74, 6) is 0.951. The first kappa shape index (κ1) is 14.5. The molecule has 1 aromatic heterocycles. The molecule has 0 unspecified atom stereocenters. The van der Waals surface area contributed by atoms with Crippen molar-refractivity contribution in [1.29, 1.82) is 5.26 Å². The number of benzene rings is 2. The molecule has 0 aliphatic heterocycles. The van der Waals surface area contributed by atoms with Gasteiger partial charge in [-0.3, -0.25) is 0 Å². The molecule has 0 atom stereocenters. The SMILES string of the molecule is N#Cc1ccccc1Nc1nncc(NCc2ccccc2)n1. The Morgan fingerprint density at radius 1 is 1.00 bits per heavy atom. The molecule has 1 heterocycles. The average Bonchev–Trinajstić information content (AvgIpc) is 2.62. The molecule has 3 aromatic rings. The molecule has 23 heavy (non-hydrogen) atoms. The van der Waals surface area contributed by atoms with Gasteiger partial charge in [-0.15, -0.1) is 5.10 Å². The molecule has 6 heteroatoms. The summed E-state index contributed by atoms with van der Waals surface area (Å²) in [4.78, 5) is 4.35. The lowest BCUT2D eigenvalue weighted by Gasteiger charge is -2.08. The summed E-state index contributed by atoms with van der Waals surface area (Å²) in [7, 11) is 0. The van der Waals surface area contributed by atoms with Gasteiger partial charge in [0.15, 0.2) is 5.82 Å². The normalized spacial score (nSPS) is 9.87. The van der Waals surface area contributed by atoms with E-state index in [0.29, 0.717) is 29.6 Å². The maximum Gasteiger partial charge on any atom is 0.249 e. The minimum Gasteiger partial charge on any atom is -0.365 e. The summed E-state index contributed by atoms with van der Waals surface area (Å²) >= 11 is 0. The molecule has 0 fully saturated rings. The number of anilines is 3. The van der Waals surface area contributed by atoms with Crippen molar-refractivity contribution in [2.24, 2.45) is 0 Å². The number of rotatable bonds is 5. The van der Waals surface area contributed by atoms with Crippen molar-refractivity contribution in [3.8, 4) is 6.07 Å². The number of para-hydroxylation sites is 1. The van der Waals surface area contributed by atoms with Crippen molar-refractivity contribution < 1.29 is 0 Å². The van der Waals surface area contributed by atoms with Crippen molar-refractivity contribution in [2.45, 2.75) is 6.54 Å². The van der Waals surface area contributed by atoms with Crippen LogP contribution in [0, 0.1) is 11.3 Å². The smallest absolute Gasteiger partial charge is 0.249 e. The zero-order chi connectivity index (χ0) is 15.9. The maximum absolute atomic E-state index is 9.10. The lowest BCUT2D eigenvalue weighted by Crippen LogP contribution is -2.06. The standard InChI is InChI=1S/C17H14N6/c18-10-14-8-4-5-9-15(14)21-17-22-16(12-20-23-17)19-11-13-6-2-1-3-7-13/h1-9,12H,11H2,(H2,19,21,22,23). The van der Waals surface area contributed by atoms with Crippen molar-refractivity contribution in [2.75, 3.05) is 10.6 Å². The Balaban J connectivity index is 1.71.